The smallest absolute Gasteiger partial charge is 0.136 e. The summed E-state index contributed by atoms with van der Waals surface area (Å²) in [5.41, 5.74) is 6.01. The van der Waals surface area contributed by atoms with Crippen LogP contribution in [-0.2, 0) is 22.1 Å². The first-order valence-electron chi connectivity index (χ1n) is 15.5. The van der Waals surface area contributed by atoms with Gasteiger partial charge in [0.05, 0.1) is 25.7 Å². The maximum atomic E-state index is 6.68. The van der Waals surface area contributed by atoms with Crippen LogP contribution in [0.4, 0.5) is 0 Å². The minimum Gasteiger partial charge on any atom is -0.496 e. The van der Waals surface area contributed by atoms with Gasteiger partial charge in [-0.1, -0.05) is 71.7 Å². The van der Waals surface area contributed by atoms with Gasteiger partial charge in [0.2, 0.25) is 0 Å². The summed E-state index contributed by atoms with van der Waals surface area (Å²) in [6.07, 6.45) is 12.1. The molecule has 3 aromatic rings. The molecule has 4 heterocycles. The average molecular weight is 566 g/mol. The first-order chi connectivity index (χ1) is 19.9. The molecule has 3 fully saturated rings. The van der Waals surface area contributed by atoms with E-state index in [4.69, 9.17) is 15.9 Å². The number of pyridine rings is 1. The third-order valence-corrected chi connectivity index (χ3v) is 9.83. The highest BCUT2D eigenvalue weighted by Gasteiger charge is 2.54. The van der Waals surface area contributed by atoms with Crippen molar-refractivity contribution in [2.24, 2.45) is 11.8 Å². The summed E-state index contributed by atoms with van der Waals surface area (Å²) in [6.45, 7) is 21.4. The van der Waals surface area contributed by atoms with E-state index in [1.54, 1.807) is 0 Å². The summed E-state index contributed by atoms with van der Waals surface area (Å²) in [7, 11) is 1.81. The monoisotopic (exact) mass is 565 g/mol. The molecule has 4 heteroatoms. The highest BCUT2D eigenvalue weighted by atomic mass is 16.5. The lowest BCUT2D eigenvalue weighted by Gasteiger charge is -2.58. The van der Waals surface area contributed by atoms with Crippen molar-refractivity contribution in [1.82, 2.24) is 4.98 Å². The lowest BCUT2D eigenvalue weighted by molar-refractivity contribution is -0.985. The fourth-order valence-corrected chi connectivity index (χ4v) is 7.75. The van der Waals surface area contributed by atoms with Gasteiger partial charge in [-0.3, -0.25) is 4.98 Å². The topological polar surface area (TPSA) is 31.4 Å². The molecule has 5 atom stereocenters. The van der Waals surface area contributed by atoms with Crippen LogP contribution in [0, 0.1) is 24.2 Å². The van der Waals surface area contributed by atoms with Gasteiger partial charge in [-0.25, -0.2) is 0 Å². The molecule has 1 aromatic heterocycles. The van der Waals surface area contributed by atoms with E-state index in [-0.39, 0.29) is 29.6 Å². The lowest BCUT2D eigenvalue weighted by atomic mass is 9.70. The van der Waals surface area contributed by atoms with Crippen molar-refractivity contribution in [3.63, 3.8) is 0 Å². The summed E-state index contributed by atoms with van der Waals surface area (Å²) < 4.78 is 13.8. The van der Waals surface area contributed by atoms with Gasteiger partial charge >= 0.3 is 0 Å². The number of methoxy groups -OCH3 is 1. The number of quaternary nitrogens is 1. The number of terminal acetylenes is 1. The van der Waals surface area contributed by atoms with E-state index in [9.17, 15) is 0 Å². The molecule has 4 nitrogen and oxygen atoms in total. The van der Waals surface area contributed by atoms with E-state index in [0.29, 0.717) is 11.8 Å². The molecule has 2 bridgehead atoms. The van der Waals surface area contributed by atoms with Crippen molar-refractivity contribution in [3.8, 4) is 18.1 Å². The first kappa shape index (κ1) is 30.3. The van der Waals surface area contributed by atoms with Gasteiger partial charge in [0.25, 0.3) is 0 Å². The van der Waals surface area contributed by atoms with Gasteiger partial charge in [-0.15, -0.1) is 13.0 Å². The Morgan fingerprint density at radius 2 is 1.79 bits per heavy atom. The van der Waals surface area contributed by atoms with Crippen molar-refractivity contribution >= 4 is 10.9 Å². The predicted molar refractivity (Wildman–Crippen MR) is 174 cm³/mol. The van der Waals surface area contributed by atoms with E-state index < -0.39 is 0 Å². The molecule has 0 spiro atoms. The van der Waals surface area contributed by atoms with Crippen molar-refractivity contribution in [2.75, 3.05) is 26.8 Å². The second-order valence-corrected chi connectivity index (χ2v) is 14.6. The van der Waals surface area contributed by atoms with Gasteiger partial charge < -0.3 is 14.0 Å². The fourth-order valence-electron chi connectivity index (χ4n) is 7.75. The number of fused-ring (bicyclic) bond motifs is 4. The van der Waals surface area contributed by atoms with Crippen molar-refractivity contribution in [1.29, 1.82) is 0 Å². The molecule has 0 radical (unpaired) electrons. The summed E-state index contributed by atoms with van der Waals surface area (Å²) >= 11 is 0. The summed E-state index contributed by atoms with van der Waals surface area (Å²) in [5.74, 6) is 4.90. The molecule has 3 saturated heterocycles. The Hall–Kier alpha value is -3.13. The van der Waals surface area contributed by atoms with E-state index in [2.05, 4.69) is 108 Å². The van der Waals surface area contributed by atoms with Gasteiger partial charge in [-0.05, 0) is 46.6 Å². The largest absolute Gasteiger partial charge is 0.496 e. The molecule has 222 valence electrons. The van der Waals surface area contributed by atoms with Gasteiger partial charge in [-0.2, -0.15) is 0 Å². The molecule has 0 N–H and O–H groups in total. The zero-order valence-corrected chi connectivity index (χ0v) is 26.7. The van der Waals surface area contributed by atoms with Crippen LogP contribution < -0.4 is 4.74 Å². The van der Waals surface area contributed by atoms with Gasteiger partial charge in [0, 0.05) is 47.0 Å². The first-order valence-corrected chi connectivity index (χ1v) is 15.5. The molecule has 2 unspecified atom stereocenters. The van der Waals surface area contributed by atoms with Crippen LogP contribution in [0.15, 0.2) is 61.3 Å². The van der Waals surface area contributed by atoms with E-state index in [1.165, 1.54) is 28.7 Å². The Bertz CT molecular complexity index is 1450. The van der Waals surface area contributed by atoms with Crippen molar-refractivity contribution in [2.45, 2.75) is 83.9 Å². The number of rotatable bonds is 8. The van der Waals surface area contributed by atoms with Crippen LogP contribution in [0.5, 0.6) is 5.75 Å². The number of hydrogen-bond acceptors (Lipinski definition) is 3. The summed E-state index contributed by atoms with van der Waals surface area (Å²) in [6, 6.07) is 15.7. The molecular formula is C38H49N2O2+. The molecule has 42 heavy (non-hydrogen) atoms. The van der Waals surface area contributed by atoms with Gasteiger partial charge in [0.15, 0.2) is 0 Å². The maximum Gasteiger partial charge on any atom is 0.136 e. The van der Waals surface area contributed by atoms with Crippen LogP contribution in [0.2, 0.25) is 0 Å². The third-order valence-electron chi connectivity index (χ3n) is 9.83. The zero-order valence-electron chi connectivity index (χ0n) is 26.7. The van der Waals surface area contributed by atoms with Crippen LogP contribution in [-0.4, -0.2) is 42.3 Å². The number of benzene rings is 2. The predicted octanol–water partition coefficient (Wildman–Crippen LogP) is 8.14. The summed E-state index contributed by atoms with van der Waals surface area (Å²) in [4.78, 5) is 4.66. The lowest BCUT2D eigenvalue weighted by Crippen LogP contribution is -2.67. The number of nitrogens with zero attached hydrogens (tertiary/aromatic N) is 2. The normalized spacial score (nSPS) is 24.8. The number of hydrogen-bond donors (Lipinski definition) is 0. The van der Waals surface area contributed by atoms with Crippen LogP contribution in [0.3, 0.4) is 0 Å². The number of ether oxygens (including phenoxy) is 2. The van der Waals surface area contributed by atoms with Crippen LogP contribution >= 0.6 is 0 Å². The fraction of sp³-hybridized carbons (Fsp3) is 0.500. The number of para-hydroxylation sites is 1. The minimum atomic E-state index is -0.120. The van der Waals surface area contributed by atoms with Crippen LogP contribution in [0.1, 0.15) is 82.7 Å². The minimum absolute atomic E-state index is 0.0479. The molecule has 2 aromatic carbocycles. The van der Waals surface area contributed by atoms with E-state index in [1.807, 2.05) is 13.3 Å². The van der Waals surface area contributed by atoms with E-state index >= 15 is 0 Å². The summed E-state index contributed by atoms with van der Waals surface area (Å²) in [5, 5.41) is 1.15. The zero-order chi connectivity index (χ0) is 30.3. The Morgan fingerprint density at radius 1 is 1.10 bits per heavy atom. The second kappa shape index (κ2) is 11.5. The quantitative estimate of drug-likeness (QED) is 0.157. The molecule has 3 aliphatic rings. The molecule has 0 saturated carbocycles. The van der Waals surface area contributed by atoms with Crippen molar-refractivity contribution < 1.29 is 14.0 Å². The SMILES string of the molecule is C#CCO[C@@H](c1ccnc2ccccc12)[C@H]1CC2CC[N+]1(Cc1cc(C(C)(C)C)c(OC)c(C(C)(C)C)c1)C[C@@H]2C=C. The second-order valence-electron chi connectivity index (χ2n) is 14.6. The van der Waals surface area contributed by atoms with Crippen LogP contribution in [0.25, 0.3) is 10.9 Å². The molecule has 0 aliphatic carbocycles. The van der Waals surface area contributed by atoms with Crippen molar-refractivity contribution in [3.05, 3.63) is 83.6 Å². The highest BCUT2D eigenvalue weighted by molar-refractivity contribution is 5.82. The Labute approximate surface area is 253 Å². The Kier molecular flexibility index (Phi) is 8.31. The van der Waals surface area contributed by atoms with E-state index in [0.717, 1.165) is 47.2 Å². The third kappa shape index (κ3) is 5.62. The number of aromatic nitrogens is 1. The molecule has 0 amide bonds. The Balaban J connectivity index is 1.67. The average Bonchev–Trinajstić information content (AvgIpc) is 2.96. The Morgan fingerprint density at radius 3 is 2.40 bits per heavy atom. The van der Waals surface area contributed by atoms with Gasteiger partial charge in [0.1, 0.15) is 31.0 Å². The highest BCUT2D eigenvalue weighted by Crippen LogP contribution is 2.50. The maximum absolute atomic E-state index is 6.68. The molecular weight excluding hydrogens is 516 g/mol. The standard InChI is InChI=1S/C38H49N2O2/c1-10-20-42-35(30-16-18-39-33-15-13-12-14-29(30)33)34-23-28-17-19-40(34,25-27(28)11-2)24-26-21-31(37(3,4)5)36(41-9)32(22-26)38(6,7)8/h1,11-16,18,21-22,27-28,34-35H,2,17,19-20,23-25H2,3-9H3/q+1/t27-,28?,34+,35-,40?/m0/s1. The molecule has 3 aliphatic heterocycles. The molecule has 6 rings (SSSR count). The number of piperidine rings is 3.